The Hall–Kier alpha value is -1.27. The number of rotatable bonds is 0. The van der Waals surface area contributed by atoms with Crippen molar-refractivity contribution < 1.29 is 17.5 Å². The number of phenolic OH excluding ortho intramolecular Hbond substituents is 1. The van der Waals surface area contributed by atoms with Crippen LogP contribution < -0.4 is 12.4 Å². The van der Waals surface area contributed by atoms with Crippen LogP contribution in [0.4, 0.5) is 5.69 Å². The molecular formula is C8H9ClN2O. The molecule has 12 heavy (non-hydrogen) atoms. The summed E-state index contributed by atoms with van der Waals surface area (Å²) in [6.07, 6.45) is 0. The molecule has 0 saturated heterocycles. The summed E-state index contributed by atoms with van der Waals surface area (Å²) < 4.78 is 0. The molecule has 0 radical (unpaired) electrons. The maximum atomic E-state index is 9.09. The van der Waals surface area contributed by atoms with Crippen molar-refractivity contribution in [2.75, 3.05) is 0 Å². The van der Waals surface area contributed by atoms with Gasteiger partial charge in [0.2, 0.25) is 5.39 Å². The fourth-order valence-electron chi connectivity index (χ4n) is 1.09. The summed E-state index contributed by atoms with van der Waals surface area (Å²) in [5.74, 6) is 0.201. The standard InChI is InChI=1S/C8H8N2O.ClH/c1-5-3-7(11)4-6(2)8(5)10-9;/h3-4H,1-2H3;1H. The van der Waals surface area contributed by atoms with Crippen molar-refractivity contribution in [2.24, 2.45) is 0 Å². The van der Waals surface area contributed by atoms with Crippen LogP contribution in [0.15, 0.2) is 12.1 Å². The van der Waals surface area contributed by atoms with E-state index in [1.807, 2.05) is 0 Å². The molecule has 3 nitrogen and oxygen atoms in total. The van der Waals surface area contributed by atoms with Crippen molar-refractivity contribution in [3.8, 4) is 5.75 Å². The molecule has 4 heteroatoms. The Morgan fingerprint density at radius 1 is 1.25 bits per heavy atom. The molecular weight excluding hydrogens is 176 g/mol. The second-order valence-electron chi connectivity index (χ2n) is 2.53. The van der Waals surface area contributed by atoms with Crippen LogP contribution in [0.1, 0.15) is 11.1 Å². The first kappa shape index (κ1) is 10.7. The lowest BCUT2D eigenvalue weighted by atomic mass is 10.1. The van der Waals surface area contributed by atoms with Crippen LogP contribution in [0.3, 0.4) is 0 Å². The van der Waals surface area contributed by atoms with E-state index in [0.29, 0.717) is 5.69 Å². The SMILES string of the molecule is Cc1cc(O)cc(C)c1[N+]#N.[Cl-]. The average molecular weight is 185 g/mol. The Kier molecular flexibility index (Phi) is 3.52. The predicted octanol–water partition coefficient (Wildman–Crippen LogP) is -0.502. The molecule has 1 N–H and O–H groups in total. The Morgan fingerprint density at radius 3 is 2.00 bits per heavy atom. The lowest BCUT2D eigenvalue weighted by Gasteiger charge is -1.93. The summed E-state index contributed by atoms with van der Waals surface area (Å²) in [6.45, 7) is 3.56. The summed E-state index contributed by atoms with van der Waals surface area (Å²) in [5, 5.41) is 17.6. The van der Waals surface area contributed by atoms with Crippen molar-refractivity contribution >= 4 is 5.69 Å². The summed E-state index contributed by atoms with van der Waals surface area (Å²) in [5.41, 5.74) is 2.07. The van der Waals surface area contributed by atoms with Gasteiger partial charge in [0.1, 0.15) is 5.75 Å². The third-order valence-electron chi connectivity index (χ3n) is 1.58. The molecule has 0 bridgehead atoms. The van der Waals surface area contributed by atoms with E-state index in [-0.39, 0.29) is 18.2 Å². The molecule has 0 fully saturated rings. The zero-order valence-electron chi connectivity index (χ0n) is 6.87. The molecule has 1 rings (SSSR count). The molecule has 0 aliphatic carbocycles. The summed E-state index contributed by atoms with van der Waals surface area (Å²) in [7, 11) is 0. The molecule has 0 amide bonds. The maximum absolute atomic E-state index is 9.09. The maximum Gasteiger partial charge on any atom is 0.391 e. The Bertz CT molecular complexity index is 307. The van der Waals surface area contributed by atoms with E-state index >= 15 is 0 Å². The highest BCUT2D eigenvalue weighted by Gasteiger charge is 2.14. The number of aromatic hydroxyl groups is 1. The number of hydrogen-bond acceptors (Lipinski definition) is 2. The largest absolute Gasteiger partial charge is 1.00 e. The Morgan fingerprint density at radius 2 is 1.67 bits per heavy atom. The van der Waals surface area contributed by atoms with E-state index < -0.39 is 0 Å². The minimum absolute atomic E-state index is 0. The zero-order valence-corrected chi connectivity index (χ0v) is 7.63. The van der Waals surface area contributed by atoms with Gasteiger partial charge in [-0.2, -0.15) is 0 Å². The van der Waals surface area contributed by atoms with Crippen molar-refractivity contribution in [2.45, 2.75) is 13.8 Å². The molecule has 0 saturated carbocycles. The average Bonchev–Trinajstić information content (AvgIpc) is 1.85. The third-order valence-corrected chi connectivity index (χ3v) is 1.58. The van der Waals surface area contributed by atoms with Gasteiger partial charge in [0.25, 0.3) is 0 Å². The lowest BCUT2D eigenvalue weighted by molar-refractivity contribution is -0.00000373. The van der Waals surface area contributed by atoms with Crippen LogP contribution in [0.2, 0.25) is 0 Å². The molecule has 0 spiro atoms. The van der Waals surface area contributed by atoms with Gasteiger partial charge in [-0.05, 0) is 26.0 Å². The first-order valence-corrected chi connectivity index (χ1v) is 3.30. The van der Waals surface area contributed by atoms with Crippen molar-refractivity contribution in [1.29, 1.82) is 5.39 Å². The fourth-order valence-corrected chi connectivity index (χ4v) is 1.09. The van der Waals surface area contributed by atoms with Gasteiger partial charge < -0.3 is 17.5 Å². The van der Waals surface area contributed by atoms with Gasteiger partial charge in [0.05, 0.1) is 0 Å². The molecule has 1 aromatic carbocycles. The quantitative estimate of drug-likeness (QED) is 0.553. The van der Waals surface area contributed by atoms with Gasteiger partial charge in [-0.1, -0.05) is 0 Å². The number of phenols is 1. The molecule has 64 valence electrons. The van der Waals surface area contributed by atoms with Crippen LogP contribution in [0.25, 0.3) is 4.98 Å². The van der Waals surface area contributed by atoms with E-state index in [2.05, 4.69) is 4.98 Å². The van der Waals surface area contributed by atoms with E-state index in [9.17, 15) is 0 Å². The van der Waals surface area contributed by atoms with Crippen molar-refractivity contribution in [3.63, 3.8) is 0 Å². The van der Waals surface area contributed by atoms with Gasteiger partial charge in [-0.15, -0.1) is 0 Å². The lowest BCUT2D eigenvalue weighted by Crippen LogP contribution is -3.00. The first-order chi connectivity index (χ1) is 5.15. The number of benzene rings is 1. The zero-order chi connectivity index (χ0) is 8.43. The Balaban J connectivity index is 0.00000121. The van der Waals surface area contributed by atoms with Crippen LogP contribution in [0, 0.1) is 19.2 Å². The van der Waals surface area contributed by atoms with Gasteiger partial charge in [-0.3, -0.25) is 0 Å². The van der Waals surface area contributed by atoms with Crippen molar-refractivity contribution in [3.05, 3.63) is 28.2 Å². The highest BCUT2D eigenvalue weighted by molar-refractivity contribution is 5.59. The molecule has 1 aromatic rings. The number of diazo groups is 1. The van der Waals surface area contributed by atoms with Gasteiger partial charge in [-0.25, -0.2) is 0 Å². The minimum Gasteiger partial charge on any atom is -1.00 e. The smallest absolute Gasteiger partial charge is 0.391 e. The Labute approximate surface area is 77.1 Å². The normalized spacial score (nSPS) is 8.42. The molecule has 0 atom stereocenters. The second-order valence-corrected chi connectivity index (χ2v) is 2.53. The van der Waals surface area contributed by atoms with Crippen molar-refractivity contribution in [1.82, 2.24) is 0 Å². The summed E-state index contributed by atoms with van der Waals surface area (Å²) in [4.78, 5) is 3.10. The fraction of sp³-hybridized carbons (Fsp3) is 0.250. The summed E-state index contributed by atoms with van der Waals surface area (Å²) >= 11 is 0. The molecule has 0 heterocycles. The van der Waals surface area contributed by atoms with E-state index in [4.69, 9.17) is 10.5 Å². The van der Waals surface area contributed by atoms with E-state index in [0.717, 1.165) is 11.1 Å². The van der Waals surface area contributed by atoms with E-state index in [1.54, 1.807) is 26.0 Å². The van der Waals surface area contributed by atoms with E-state index in [1.165, 1.54) is 0 Å². The number of hydrogen-bond donors (Lipinski definition) is 1. The van der Waals surface area contributed by atoms with Crippen LogP contribution in [-0.2, 0) is 0 Å². The molecule has 0 aromatic heterocycles. The molecule has 0 unspecified atom stereocenters. The van der Waals surface area contributed by atoms with Gasteiger partial charge in [0.15, 0.2) is 4.98 Å². The number of aryl methyl sites for hydroxylation is 2. The molecule has 0 aliphatic rings. The first-order valence-electron chi connectivity index (χ1n) is 3.30. The summed E-state index contributed by atoms with van der Waals surface area (Å²) in [6, 6.07) is 3.12. The molecule has 0 aliphatic heterocycles. The minimum atomic E-state index is 0. The van der Waals surface area contributed by atoms with Gasteiger partial charge in [0, 0.05) is 11.1 Å². The van der Waals surface area contributed by atoms with Crippen LogP contribution >= 0.6 is 0 Å². The van der Waals surface area contributed by atoms with Crippen LogP contribution in [-0.4, -0.2) is 5.11 Å². The second kappa shape index (κ2) is 3.93. The number of nitrogens with zero attached hydrogens (tertiary/aromatic N) is 2. The third kappa shape index (κ3) is 1.86. The predicted molar refractivity (Wildman–Crippen MR) is 42.3 cm³/mol. The highest BCUT2D eigenvalue weighted by Crippen LogP contribution is 2.27. The van der Waals surface area contributed by atoms with Gasteiger partial charge >= 0.3 is 5.69 Å². The van der Waals surface area contributed by atoms with Crippen LogP contribution in [0.5, 0.6) is 5.75 Å². The monoisotopic (exact) mass is 184 g/mol. The topological polar surface area (TPSA) is 48.4 Å². The highest BCUT2D eigenvalue weighted by atomic mass is 35.5. The number of halogens is 1.